The van der Waals surface area contributed by atoms with E-state index in [1.165, 1.54) is 24.3 Å². The minimum Gasteiger partial charge on any atom is -0.481 e. The lowest BCUT2D eigenvalue weighted by Crippen LogP contribution is -2.33. The fourth-order valence-corrected chi connectivity index (χ4v) is 3.81. The van der Waals surface area contributed by atoms with Gasteiger partial charge in [0.05, 0.1) is 11.3 Å². The van der Waals surface area contributed by atoms with Gasteiger partial charge in [0, 0.05) is 5.56 Å². The van der Waals surface area contributed by atoms with Crippen molar-refractivity contribution in [2.75, 3.05) is 0 Å². The summed E-state index contributed by atoms with van der Waals surface area (Å²) < 4.78 is 25.4. The molecule has 23 heavy (non-hydrogen) atoms. The van der Waals surface area contributed by atoms with Gasteiger partial charge in [-0.1, -0.05) is 48.0 Å². The van der Waals surface area contributed by atoms with Crippen LogP contribution in [0.15, 0.2) is 59.5 Å². The maximum absolute atomic E-state index is 12.7. The van der Waals surface area contributed by atoms with Crippen molar-refractivity contribution >= 4 is 21.6 Å². The van der Waals surface area contributed by atoms with Crippen molar-refractivity contribution in [3.63, 3.8) is 0 Å². The first-order chi connectivity index (χ1) is 10.8. The van der Waals surface area contributed by atoms with E-state index in [2.05, 4.69) is 0 Å². The Morgan fingerprint density at radius 2 is 1.57 bits per heavy atom. The molecule has 6 heteroatoms. The molecule has 0 saturated carbocycles. The summed E-state index contributed by atoms with van der Waals surface area (Å²) in [6, 6.07) is 13.8. The number of benzene rings is 2. The van der Waals surface area contributed by atoms with E-state index in [-0.39, 0.29) is 10.5 Å². The fraction of sp³-hybridized carbons (Fsp3) is 0.176. The number of rotatable bonds is 6. The zero-order chi connectivity index (χ0) is 17.0. The zero-order valence-electron chi connectivity index (χ0n) is 12.5. The number of carboxylic acids is 1. The Kier molecular flexibility index (Phi) is 4.95. The van der Waals surface area contributed by atoms with Crippen LogP contribution in [0, 0.1) is 6.92 Å². The monoisotopic (exact) mass is 332 g/mol. The van der Waals surface area contributed by atoms with Crippen LogP contribution in [0.4, 0.5) is 0 Å². The van der Waals surface area contributed by atoms with Gasteiger partial charge >= 0.3 is 5.97 Å². The first-order valence-corrected chi connectivity index (χ1v) is 8.48. The molecule has 0 aliphatic carbocycles. The number of carbonyl (C=O) groups excluding carboxylic acids is 1. The second kappa shape index (κ2) is 6.75. The molecule has 0 saturated heterocycles. The number of aryl methyl sites for hydroxylation is 1. The van der Waals surface area contributed by atoms with E-state index in [4.69, 9.17) is 5.11 Å². The van der Waals surface area contributed by atoms with Crippen LogP contribution in [0.5, 0.6) is 0 Å². The summed E-state index contributed by atoms with van der Waals surface area (Å²) in [5.41, 5.74) is 1.04. The van der Waals surface area contributed by atoms with Crippen LogP contribution >= 0.6 is 0 Å². The van der Waals surface area contributed by atoms with Crippen molar-refractivity contribution in [1.29, 1.82) is 0 Å². The molecule has 120 valence electrons. The Hall–Kier alpha value is -2.47. The number of carboxylic acid groups (broad SMARTS) is 1. The predicted molar refractivity (Wildman–Crippen MR) is 85.2 cm³/mol. The van der Waals surface area contributed by atoms with Crippen molar-refractivity contribution in [2.24, 2.45) is 0 Å². The molecule has 0 aliphatic rings. The van der Waals surface area contributed by atoms with E-state index >= 15 is 0 Å². The Morgan fingerprint density at radius 3 is 2.09 bits per heavy atom. The van der Waals surface area contributed by atoms with E-state index in [1.54, 1.807) is 37.3 Å². The highest BCUT2D eigenvalue weighted by atomic mass is 32.2. The SMILES string of the molecule is Cc1ccc(S(=O)(=O)C(CC(=O)O)C(=O)c2ccccc2)cc1. The van der Waals surface area contributed by atoms with Crippen LogP contribution in [0.2, 0.25) is 0 Å². The molecule has 0 bridgehead atoms. The van der Waals surface area contributed by atoms with Crippen molar-refractivity contribution in [3.8, 4) is 0 Å². The molecule has 2 aromatic carbocycles. The van der Waals surface area contributed by atoms with Crippen LogP contribution in [0.1, 0.15) is 22.3 Å². The second-order valence-corrected chi connectivity index (χ2v) is 7.31. The Balaban J connectivity index is 2.47. The lowest BCUT2D eigenvalue weighted by atomic mass is 10.1. The maximum atomic E-state index is 12.7. The minimum atomic E-state index is -4.09. The minimum absolute atomic E-state index is 0.0568. The van der Waals surface area contributed by atoms with Crippen molar-refractivity contribution in [3.05, 3.63) is 65.7 Å². The molecule has 0 aliphatic heterocycles. The van der Waals surface area contributed by atoms with Gasteiger partial charge in [0.1, 0.15) is 5.25 Å². The number of hydrogen-bond donors (Lipinski definition) is 1. The molecule has 0 amide bonds. The molecule has 0 aromatic heterocycles. The molecule has 0 heterocycles. The van der Waals surface area contributed by atoms with Gasteiger partial charge in [-0.3, -0.25) is 9.59 Å². The highest BCUT2D eigenvalue weighted by molar-refractivity contribution is 7.92. The van der Waals surface area contributed by atoms with Crippen molar-refractivity contribution in [1.82, 2.24) is 0 Å². The first kappa shape index (κ1) is 16.9. The second-order valence-electron chi connectivity index (χ2n) is 5.17. The van der Waals surface area contributed by atoms with Gasteiger partial charge in [0.2, 0.25) is 0 Å². The van der Waals surface area contributed by atoms with Crippen LogP contribution in [-0.2, 0) is 14.6 Å². The third-order valence-electron chi connectivity index (χ3n) is 3.43. The Bertz CT molecular complexity index is 808. The number of carbonyl (C=O) groups is 2. The fourth-order valence-electron chi connectivity index (χ4n) is 2.18. The van der Waals surface area contributed by atoms with E-state index in [9.17, 15) is 18.0 Å². The van der Waals surface area contributed by atoms with Crippen LogP contribution in [0.3, 0.4) is 0 Å². The Morgan fingerprint density at radius 1 is 1.00 bits per heavy atom. The van der Waals surface area contributed by atoms with Crippen LogP contribution in [-0.4, -0.2) is 30.5 Å². The van der Waals surface area contributed by atoms with Crippen LogP contribution in [0.25, 0.3) is 0 Å². The summed E-state index contributed by atoms with van der Waals surface area (Å²) in [6.45, 7) is 1.81. The molecule has 1 atom stereocenters. The van der Waals surface area contributed by atoms with Gasteiger partial charge in [-0.2, -0.15) is 0 Å². The van der Waals surface area contributed by atoms with E-state index in [1.807, 2.05) is 0 Å². The van der Waals surface area contributed by atoms with Crippen molar-refractivity contribution < 1.29 is 23.1 Å². The zero-order valence-corrected chi connectivity index (χ0v) is 13.3. The average Bonchev–Trinajstić information content (AvgIpc) is 2.53. The van der Waals surface area contributed by atoms with Gasteiger partial charge < -0.3 is 5.11 Å². The first-order valence-electron chi connectivity index (χ1n) is 6.94. The van der Waals surface area contributed by atoms with E-state index in [0.29, 0.717) is 0 Å². The molecule has 1 unspecified atom stereocenters. The molecule has 0 fully saturated rings. The highest BCUT2D eigenvalue weighted by Crippen LogP contribution is 2.22. The molecular formula is C17H16O5S. The number of aliphatic carboxylic acids is 1. The molecule has 5 nitrogen and oxygen atoms in total. The van der Waals surface area contributed by atoms with Gasteiger partial charge in [-0.15, -0.1) is 0 Å². The third kappa shape index (κ3) is 3.84. The van der Waals surface area contributed by atoms with E-state index < -0.39 is 33.3 Å². The molecule has 1 N–H and O–H groups in total. The normalized spacial score (nSPS) is 12.6. The van der Waals surface area contributed by atoms with Gasteiger partial charge in [-0.05, 0) is 19.1 Å². The quantitative estimate of drug-likeness (QED) is 0.821. The summed E-state index contributed by atoms with van der Waals surface area (Å²) in [7, 11) is -4.09. The van der Waals surface area contributed by atoms with Gasteiger partial charge in [0.25, 0.3) is 0 Å². The van der Waals surface area contributed by atoms with E-state index in [0.717, 1.165) is 5.56 Å². The van der Waals surface area contributed by atoms with Crippen molar-refractivity contribution in [2.45, 2.75) is 23.5 Å². The number of hydrogen-bond acceptors (Lipinski definition) is 4. The maximum Gasteiger partial charge on any atom is 0.305 e. The average molecular weight is 332 g/mol. The summed E-state index contributed by atoms with van der Waals surface area (Å²) >= 11 is 0. The number of sulfone groups is 1. The topological polar surface area (TPSA) is 88.5 Å². The molecular weight excluding hydrogens is 316 g/mol. The molecule has 2 aromatic rings. The number of ketones is 1. The summed E-state index contributed by atoms with van der Waals surface area (Å²) in [5, 5.41) is 7.37. The highest BCUT2D eigenvalue weighted by Gasteiger charge is 2.36. The summed E-state index contributed by atoms with van der Waals surface area (Å²) in [6.07, 6.45) is -0.774. The van der Waals surface area contributed by atoms with Gasteiger partial charge in [-0.25, -0.2) is 8.42 Å². The summed E-state index contributed by atoms with van der Waals surface area (Å²) in [5.74, 6) is -2.05. The van der Waals surface area contributed by atoms with Gasteiger partial charge in [0.15, 0.2) is 15.6 Å². The largest absolute Gasteiger partial charge is 0.481 e. The summed E-state index contributed by atoms with van der Waals surface area (Å²) in [4.78, 5) is 23.5. The molecule has 2 rings (SSSR count). The van der Waals surface area contributed by atoms with Crippen LogP contribution < -0.4 is 0 Å². The smallest absolute Gasteiger partial charge is 0.305 e. The third-order valence-corrected chi connectivity index (χ3v) is 5.49. The lowest BCUT2D eigenvalue weighted by molar-refractivity contribution is -0.136. The number of Topliss-reactive ketones (excluding diaryl/α,β-unsaturated/α-hetero) is 1. The predicted octanol–water partition coefficient (Wildman–Crippen LogP) is 2.49. The molecule has 0 spiro atoms. The molecule has 0 radical (unpaired) electrons. The standard InChI is InChI=1S/C17H16O5S/c1-12-7-9-14(10-8-12)23(21,22)15(11-16(18)19)17(20)13-5-3-2-4-6-13/h2-10,15H,11H2,1H3,(H,18,19). The lowest BCUT2D eigenvalue weighted by Gasteiger charge is -2.15. The Labute approximate surface area is 134 Å².